The van der Waals surface area contributed by atoms with Crippen LogP contribution in [-0.2, 0) is 13.0 Å². The Labute approximate surface area is 191 Å². The molecule has 0 saturated carbocycles. The van der Waals surface area contributed by atoms with Gasteiger partial charge in [-0.1, -0.05) is 28.9 Å². The molecule has 0 saturated heterocycles. The van der Waals surface area contributed by atoms with Crippen LogP contribution in [-0.4, -0.2) is 52.8 Å². The highest BCUT2D eigenvalue weighted by Gasteiger charge is 2.05. The van der Waals surface area contributed by atoms with Gasteiger partial charge in [-0.2, -0.15) is 0 Å². The van der Waals surface area contributed by atoms with Gasteiger partial charge >= 0.3 is 0 Å². The van der Waals surface area contributed by atoms with E-state index in [0.717, 1.165) is 35.8 Å². The first-order valence-electron chi connectivity index (χ1n) is 9.06. The van der Waals surface area contributed by atoms with Crippen molar-refractivity contribution in [1.29, 1.82) is 0 Å². The van der Waals surface area contributed by atoms with Crippen molar-refractivity contribution in [1.82, 2.24) is 30.7 Å². The van der Waals surface area contributed by atoms with Crippen LogP contribution in [0.4, 0.5) is 0 Å². The van der Waals surface area contributed by atoms with Gasteiger partial charge in [0.15, 0.2) is 5.96 Å². The SMILES string of the molecule is CCNC(=NCCNC(=O)c1cccc(Br)c1)NCCn1cnnc1CC.I. The van der Waals surface area contributed by atoms with Crippen molar-refractivity contribution >= 4 is 51.8 Å². The maximum atomic E-state index is 12.1. The van der Waals surface area contributed by atoms with Crippen LogP contribution in [0.25, 0.3) is 0 Å². The molecule has 0 radical (unpaired) electrons. The van der Waals surface area contributed by atoms with Gasteiger partial charge in [-0.05, 0) is 25.1 Å². The number of hydrogen-bond acceptors (Lipinski definition) is 4. The molecule has 0 aliphatic carbocycles. The van der Waals surface area contributed by atoms with E-state index in [9.17, 15) is 4.79 Å². The van der Waals surface area contributed by atoms with E-state index in [2.05, 4.69) is 54.0 Å². The van der Waals surface area contributed by atoms with E-state index < -0.39 is 0 Å². The van der Waals surface area contributed by atoms with Gasteiger partial charge in [0.1, 0.15) is 12.2 Å². The minimum atomic E-state index is -0.107. The van der Waals surface area contributed by atoms with Crippen molar-refractivity contribution in [3.63, 3.8) is 0 Å². The summed E-state index contributed by atoms with van der Waals surface area (Å²) in [5.74, 6) is 1.58. The minimum Gasteiger partial charge on any atom is -0.357 e. The van der Waals surface area contributed by atoms with Gasteiger partial charge in [-0.15, -0.1) is 34.2 Å². The molecule has 0 bridgehead atoms. The molecule has 0 atom stereocenters. The lowest BCUT2D eigenvalue weighted by atomic mass is 10.2. The Morgan fingerprint density at radius 3 is 2.75 bits per heavy atom. The summed E-state index contributed by atoms with van der Waals surface area (Å²) in [6.45, 7) is 7.27. The van der Waals surface area contributed by atoms with Crippen molar-refractivity contribution in [3.8, 4) is 0 Å². The molecule has 2 rings (SSSR count). The van der Waals surface area contributed by atoms with Crippen molar-refractivity contribution in [2.24, 2.45) is 4.99 Å². The second kappa shape index (κ2) is 13.5. The number of halogens is 2. The van der Waals surface area contributed by atoms with Crippen LogP contribution in [0.1, 0.15) is 30.0 Å². The number of nitrogens with zero attached hydrogens (tertiary/aromatic N) is 4. The molecule has 0 spiro atoms. The Morgan fingerprint density at radius 1 is 1.21 bits per heavy atom. The van der Waals surface area contributed by atoms with Crippen molar-refractivity contribution in [2.75, 3.05) is 26.2 Å². The van der Waals surface area contributed by atoms with Crippen molar-refractivity contribution in [3.05, 3.63) is 46.5 Å². The summed E-state index contributed by atoms with van der Waals surface area (Å²) in [6.07, 6.45) is 2.59. The normalized spacial score (nSPS) is 10.9. The summed E-state index contributed by atoms with van der Waals surface area (Å²) in [7, 11) is 0. The van der Waals surface area contributed by atoms with Crippen molar-refractivity contribution < 1.29 is 4.79 Å². The zero-order valence-electron chi connectivity index (χ0n) is 16.1. The summed E-state index contributed by atoms with van der Waals surface area (Å²) < 4.78 is 2.90. The first kappa shape index (κ1) is 24.3. The Bertz CT molecular complexity index is 766. The van der Waals surface area contributed by atoms with Gasteiger partial charge in [-0.25, -0.2) is 0 Å². The maximum absolute atomic E-state index is 12.1. The lowest BCUT2D eigenvalue weighted by Crippen LogP contribution is -2.39. The van der Waals surface area contributed by atoms with Gasteiger partial charge in [0.05, 0.1) is 6.54 Å². The Morgan fingerprint density at radius 2 is 2.04 bits per heavy atom. The molecule has 28 heavy (non-hydrogen) atoms. The number of aromatic nitrogens is 3. The number of amides is 1. The number of carbonyl (C=O) groups is 1. The third-order valence-corrected chi connectivity index (χ3v) is 4.25. The van der Waals surface area contributed by atoms with Gasteiger partial charge < -0.3 is 20.5 Å². The predicted octanol–water partition coefficient (Wildman–Crippen LogP) is 2.21. The monoisotopic (exact) mass is 563 g/mol. The van der Waals surface area contributed by atoms with Crippen LogP contribution in [0.15, 0.2) is 40.1 Å². The second-order valence-electron chi connectivity index (χ2n) is 5.75. The molecular weight excluding hydrogens is 537 g/mol. The van der Waals surface area contributed by atoms with E-state index in [0.29, 0.717) is 25.2 Å². The number of aliphatic imine (C=N–C) groups is 1. The molecule has 1 aromatic heterocycles. The largest absolute Gasteiger partial charge is 0.357 e. The fourth-order valence-corrected chi connectivity index (χ4v) is 2.84. The zero-order valence-corrected chi connectivity index (χ0v) is 20.0. The van der Waals surface area contributed by atoms with E-state index in [4.69, 9.17) is 0 Å². The number of benzene rings is 1. The van der Waals surface area contributed by atoms with E-state index in [1.54, 1.807) is 18.5 Å². The maximum Gasteiger partial charge on any atom is 0.251 e. The van der Waals surface area contributed by atoms with Crippen LogP contribution in [0.5, 0.6) is 0 Å². The molecule has 1 heterocycles. The predicted molar refractivity (Wildman–Crippen MR) is 125 cm³/mol. The Kier molecular flexibility index (Phi) is 11.7. The lowest BCUT2D eigenvalue weighted by Gasteiger charge is -2.12. The number of aryl methyl sites for hydroxylation is 1. The summed E-state index contributed by atoms with van der Waals surface area (Å²) in [5.41, 5.74) is 0.624. The quantitative estimate of drug-likeness (QED) is 0.188. The molecule has 10 heteroatoms. The first-order valence-corrected chi connectivity index (χ1v) is 9.86. The fourth-order valence-electron chi connectivity index (χ4n) is 2.44. The third kappa shape index (κ3) is 8.13. The fraction of sp³-hybridized carbons (Fsp3) is 0.444. The van der Waals surface area contributed by atoms with Crippen LogP contribution in [0, 0.1) is 0 Å². The summed E-state index contributed by atoms with van der Waals surface area (Å²) in [6, 6.07) is 7.30. The lowest BCUT2D eigenvalue weighted by molar-refractivity contribution is 0.0954. The smallest absolute Gasteiger partial charge is 0.251 e. The highest BCUT2D eigenvalue weighted by molar-refractivity contribution is 14.0. The third-order valence-electron chi connectivity index (χ3n) is 3.76. The standard InChI is InChI=1S/C18H26BrN7O.HI/c1-3-16-25-24-13-26(16)11-10-23-18(20-4-2)22-9-8-21-17(27)14-6-5-7-15(19)12-14;/h5-7,12-13H,3-4,8-11H2,1-2H3,(H,21,27)(H2,20,22,23);1H. The molecule has 8 nitrogen and oxygen atoms in total. The van der Waals surface area contributed by atoms with Crippen LogP contribution < -0.4 is 16.0 Å². The molecule has 1 aromatic carbocycles. The van der Waals surface area contributed by atoms with E-state index in [1.807, 2.05) is 23.6 Å². The minimum absolute atomic E-state index is 0. The first-order chi connectivity index (χ1) is 13.1. The summed E-state index contributed by atoms with van der Waals surface area (Å²) in [5, 5.41) is 17.4. The number of guanidine groups is 1. The average Bonchev–Trinajstić information content (AvgIpc) is 3.12. The molecule has 3 N–H and O–H groups in total. The van der Waals surface area contributed by atoms with Crippen LogP contribution >= 0.6 is 39.9 Å². The van der Waals surface area contributed by atoms with Gasteiger partial charge in [0.25, 0.3) is 5.91 Å². The van der Waals surface area contributed by atoms with Gasteiger partial charge in [0.2, 0.25) is 0 Å². The Balaban J connectivity index is 0.00000392. The van der Waals surface area contributed by atoms with Gasteiger partial charge in [0, 0.05) is 42.6 Å². The number of rotatable bonds is 9. The molecule has 0 fully saturated rings. The van der Waals surface area contributed by atoms with Crippen molar-refractivity contribution in [2.45, 2.75) is 26.8 Å². The average molecular weight is 564 g/mol. The molecule has 0 aliphatic rings. The zero-order chi connectivity index (χ0) is 19.5. The molecule has 154 valence electrons. The summed E-state index contributed by atoms with van der Waals surface area (Å²) in [4.78, 5) is 16.6. The number of hydrogen-bond donors (Lipinski definition) is 3. The highest BCUT2D eigenvalue weighted by atomic mass is 127. The van der Waals surface area contributed by atoms with E-state index in [1.165, 1.54) is 0 Å². The molecule has 0 aliphatic heterocycles. The van der Waals surface area contributed by atoms with Gasteiger partial charge in [-0.3, -0.25) is 9.79 Å². The van der Waals surface area contributed by atoms with E-state index >= 15 is 0 Å². The van der Waals surface area contributed by atoms with Crippen LogP contribution in [0.3, 0.4) is 0 Å². The molecular formula is C18H27BrIN7O. The number of nitrogens with one attached hydrogen (secondary N) is 3. The van der Waals surface area contributed by atoms with E-state index in [-0.39, 0.29) is 29.9 Å². The second-order valence-corrected chi connectivity index (χ2v) is 6.66. The molecule has 2 aromatic rings. The molecule has 0 unspecified atom stereocenters. The van der Waals surface area contributed by atoms with Crippen LogP contribution in [0.2, 0.25) is 0 Å². The number of carbonyl (C=O) groups excluding carboxylic acids is 1. The summed E-state index contributed by atoms with van der Waals surface area (Å²) >= 11 is 3.37. The topological polar surface area (TPSA) is 96.2 Å². The highest BCUT2D eigenvalue weighted by Crippen LogP contribution is 2.11. The molecule has 1 amide bonds. The Hall–Kier alpha value is -1.69.